The second-order valence-electron chi connectivity index (χ2n) is 3.24. The van der Waals surface area contributed by atoms with E-state index >= 15 is 0 Å². The lowest BCUT2D eigenvalue weighted by atomic mass is 10.4. The number of aromatic nitrogens is 4. The van der Waals surface area contributed by atoms with Crippen molar-refractivity contribution < 1.29 is 14.5 Å². The normalized spacial score (nSPS) is 10.2. The van der Waals surface area contributed by atoms with Crippen molar-refractivity contribution in [3.05, 3.63) is 39.6 Å². The van der Waals surface area contributed by atoms with Crippen molar-refractivity contribution in [3.8, 4) is 5.82 Å². The first-order valence-corrected chi connectivity index (χ1v) is 5.22. The van der Waals surface area contributed by atoms with Crippen LogP contribution < -0.4 is 0 Å². The van der Waals surface area contributed by atoms with Crippen molar-refractivity contribution in [2.24, 2.45) is 0 Å². The molecule has 98 valence electrons. The fourth-order valence-electron chi connectivity index (χ4n) is 1.28. The van der Waals surface area contributed by atoms with Crippen LogP contribution in [-0.2, 0) is 4.74 Å². The van der Waals surface area contributed by atoms with Crippen LogP contribution in [-0.4, -0.2) is 37.8 Å². The van der Waals surface area contributed by atoms with Gasteiger partial charge in [-0.15, -0.1) is 5.10 Å². The molecule has 0 radical (unpaired) electrons. The monoisotopic (exact) mass is 283 g/mol. The quantitative estimate of drug-likeness (QED) is 0.357. The van der Waals surface area contributed by atoms with E-state index in [2.05, 4.69) is 19.8 Å². The topological polar surface area (TPSA) is 113 Å². The average Bonchev–Trinajstić information content (AvgIpc) is 2.86. The molecular formula is C9H6ClN5O4. The van der Waals surface area contributed by atoms with Gasteiger partial charge in [0, 0.05) is 6.07 Å². The number of halogens is 1. The van der Waals surface area contributed by atoms with E-state index < -0.39 is 10.9 Å². The van der Waals surface area contributed by atoms with Crippen molar-refractivity contribution in [2.75, 3.05) is 7.11 Å². The van der Waals surface area contributed by atoms with Crippen molar-refractivity contribution in [1.29, 1.82) is 0 Å². The number of nitro groups is 1. The Morgan fingerprint density at radius 3 is 2.89 bits per heavy atom. The van der Waals surface area contributed by atoms with Gasteiger partial charge in [-0.3, -0.25) is 10.1 Å². The molecule has 9 nitrogen and oxygen atoms in total. The summed E-state index contributed by atoms with van der Waals surface area (Å²) in [6, 6.07) is 2.46. The van der Waals surface area contributed by atoms with Crippen LogP contribution in [0.5, 0.6) is 0 Å². The average molecular weight is 284 g/mol. The first-order valence-electron chi connectivity index (χ1n) is 4.84. The molecule has 2 aromatic rings. The fraction of sp³-hybridized carbons (Fsp3) is 0.111. The second-order valence-corrected chi connectivity index (χ2v) is 3.63. The van der Waals surface area contributed by atoms with Gasteiger partial charge in [0.15, 0.2) is 0 Å². The summed E-state index contributed by atoms with van der Waals surface area (Å²) in [6.45, 7) is 0. The minimum absolute atomic E-state index is 0.0516. The number of carbonyl (C=O) groups excluding carboxylic acids is 1. The Balaban J connectivity index is 2.52. The summed E-state index contributed by atoms with van der Waals surface area (Å²) in [5.41, 5.74) is -0.314. The largest absolute Gasteiger partial charge is 0.463 e. The van der Waals surface area contributed by atoms with Crippen molar-refractivity contribution in [1.82, 2.24) is 19.7 Å². The number of carbonyl (C=O) groups is 1. The Kier molecular flexibility index (Phi) is 3.38. The lowest BCUT2D eigenvalue weighted by Crippen LogP contribution is -2.07. The van der Waals surface area contributed by atoms with E-state index in [1.807, 2.05) is 0 Å². The van der Waals surface area contributed by atoms with Gasteiger partial charge >= 0.3 is 11.7 Å². The van der Waals surface area contributed by atoms with Gasteiger partial charge in [0.25, 0.3) is 5.82 Å². The zero-order valence-electron chi connectivity index (χ0n) is 9.48. The molecule has 2 rings (SSSR count). The van der Waals surface area contributed by atoms with Crippen molar-refractivity contribution >= 4 is 23.3 Å². The van der Waals surface area contributed by atoms with Gasteiger partial charge in [0.05, 0.1) is 12.0 Å². The molecule has 19 heavy (non-hydrogen) atoms. The predicted molar refractivity (Wildman–Crippen MR) is 62.2 cm³/mol. The summed E-state index contributed by atoms with van der Waals surface area (Å²) in [7, 11) is 1.17. The van der Waals surface area contributed by atoms with E-state index in [0.717, 1.165) is 11.0 Å². The lowest BCUT2D eigenvalue weighted by molar-refractivity contribution is -0.384. The molecule has 0 amide bonds. The highest BCUT2D eigenvalue weighted by Gasteiger charge is 2.20. The van der Waals surface area contributed by atoms with Gasteiger partial charge in [0.2, 0.25) is 5.82 Å². The molecule has 0 aliphatic heterocycles. The lowest BCUT2D eigenvalue weighted by Gasteiger charge is -2.01. The minimum atomic E-state index is -0.761. The third kappa shape index (κ3) is 2.50. The standard InChI is InChI=1S/C9H6ClN5O4/c1-19-9(16)7-11-4-14(13-7)8-5(15(17)18)2-3-6(10)12-8/h2-4H,1H3. The van der Waals surface area contributed by atoms with Crippen LogP contribution >= 0.6 is 11.6 Å². The van der Waals surface area contributed by atoms with Crippen molar-refractivity contribution in [2.45, 2.75) is 0 Å². The van der Waals surface area contributed by atoms with Crippen LogP contribution in [0.1, 0.15) is 10.6 Å². The van der Waals surface area contributed by atoms with E-state index in [9.17, 15) is 14.9 Å². The number of rotatable bonds is 3. The number of methoxy groups -OCH3 is 1. The Hall–Kier alpha value is -2.55. The summed E-state index contributed by atoms with van der Waals surface area (Å²) >= 11 is 5.68. The van der Waals surface area contributed by atoms with Gasteiger partial charge in [0.1, 0.15) is 11.5 Å². The molecular weight excluding hydrogens is 278 g/mol. The number of ether oxygens (including phenoxy) is 1. The molecule has 10 heteroatoms. The van der Waals surface area contributed by atoms with Crippen LogP contribution in [0.4, 0.5) is 5.69 Å². The molecule has 0 aliphatic rings. The zero-order valence-corrected chi connectivity index (χ0v) is 10.2. The summed E-state index contributed by atoms with van der Waals surface area (Å²) in [4.78, 5) is 28.9. The second kappa shape index (κ2) is 4.98. The Morgan fingerprint density at radius 1 is 1.53 bits per heavy atom. The highest BCUT2D eigenvalue weighted by Crippen LogP contribution is 2.22. The van der Waals surface area contributed by atoms with Crippen molar-refractivity contribution in [3.63, 3.8) is 0 Å². The van der Waals surface area contributed by atoms with Crippen LogP contribution in [0, 0.1) is 10.1 Å². The molecule has 0 unspecified atom stereocenters. The number of hydrogen-bond donors (Lipinski definition) is 0. The molecule has 0 aromatic carbocycles. The van der Waals surface area contributed by atoms with E-state index in [0.29, 0.717) is 0 Å². The number of nitrogens with zero attached hydrogens (tertiary/aromatic N) is 5. The smallest absolute Gasteiger partial charge is 0.377 e. The number of hydrogen-bond acceptors (Lipinski definition) is 7. The Morgan fingerprint density at radius 2 is 2.26 bits per heavy atom. The third-order valence-corrected chi connectivity index (χ3v) is 2.30. The third-order valence-electron chi connectivity index (χ3n) is 2.09. The molecule has 0 saturated carbocycles. The zero-order chi connectivity index (χ0) is 14.0. The minimum Gasteiger partial charge on any atom is -0.463 e. The molecule has 0 spiro atoms. The van der Waals surface area contributed by atoms with E-state index in [4.69, 9.17) is 11.6 Å². The van der Waals surface area contributed by atoms with Gasteiger partial charge < -0.3 is 4.74 Å². The molecule has 0 fully saturated rings. The summed E-state index contributed by atoms with van der Waals surface area (Å²) in [5, 5.41) is 14.7. The van der Waals surface area contributed by atoms with Crippen LogP contribution in [0.25, 0.3) is 5.82 Å². The van der Waals surface area contributed by atoms with Gasteiger partial charge in [-0.1, -0.05) is 11.6 Å². The molecule has 0 aliphatic carbocycles. The molecule has 0 bridgehead atoms. The summed E-state index contributed by atoms with van der Waals surface area (Å²) in [5.74, 6) is -1.14. The maximum atomic E-state index is 11.2. The molecule has 0 saturated heterocycles. The van der Waals surface area contributed by atoms with Gasteiger partial charge in [-0.05, 0) is 6.07 Å². The fourth-order valence-corrected chi connectivity index (χ4v) is 1.42. The molecule has 0 atom stereocenters. The number of esters is 1. The van der Waals surface area contributed by atoms with E-state index in [1.54, 1.807) is 0 Å². The van der Waals surface area contributed by atoms with Gasteiger partial charge in [-0.2, -0.15) is 4.68 Å². The maximum absolute atomic E-state index is 11.2. The highest BCUT2D eigenvalue weighted by molar-refractivity contribution is 6.29. The molecule has 0 N–H and O–H groups in total. The van der Waals surface area contributed by atoms with E-state index in [1.165, 1.54) is 19.2 Å². The van der Waals surface area contributed by atoms with Crippen LogP contribution in [0.2, 0.25) is 5.15 Å². The summed E-state index contributed by atoms with van der Waals surface area (Å²) in [6.07, 6.45) is 1.11. The predicted octanol–water partition coefficient (Wildman–Crippen LogP) is 1.01. The van der Waals surface area contributed by atoms with Crippen LogP contribution in [0.15, 0.2) is 18.5 Å². The SMILES string of the molecule is COC(=O)c1ncn(-c2nc(Cl)ccc2[N+](=O)[O-])n1. The number of pyridine rings is 1. The first-order chi connectivity index (χ1) is 9.02. The van der Waals surface area contributed by atoms with Crippen LogP contribution in [0.3, 0.4) is 0 Å². The first kappa shape index (κ1) is 12.9. The molecule has 2 aromatic heterocycles. The highest BCUT2D eigenvalue weighted by atomic mass is 35.5. The molecule has 2 heterocycles. The Bertz CT molecular complexity index is 656. The Labute approximate surface area is 110 Å². The van der Waals surface area contributed by atoms with E-state index in [-0.39, 0.29) is 22.5 Å². The van der Waals surface area contributed by atoms with Gasteiger partial charge in [-0.25, -0.2) is 14.8 Å². The maximum Gasteiger partial charge on any atom is 0.377 e. The summed E-state index contributed by atoms with van der Waals surface area (Å²) < 4.78 is 5.41.